The van der Waals surface area contributed by atoms with Crippen molar-refractivity contribution < 1.29 is 14.4 Å². The smallest absolute Gasteiger partial charge is 0.348 e. The highest BCUT2D eigenvalue weighted by atomic mass is 16.7. The Balaban J connectivity index is 1.92. The van der Waals surface area contributed by atoms with Gasteiger partial charge in [0.1, 0.15) is 0 Å². The normalized spacial score (nSPS) is 10.4. The predicted octanol–water partition coefficient (Wildman–Crippen LogP) is 3.34. The van der Waals surface area contributed by atoms with Crippen LogP contribution in [-0.2, 0) is 4.84 Å². The molecule has 0 aliphatic carbocycles. The van der Waals surface area contributed by atoms with E-state index >= 15 is 0 Å². The van der Waals surface area contributed by atoms with Crippen molar-refractivity contribution in [1.29, 1.82) is 0 Å². The number of carbonyl (C=O) groups is 2. The highest BCUT2D eigenvalue weighted by Gasteiger charge is 2.06. The van der Waals surface area contributed by atoms with Crippen molar-refractivity contribution in [3.8, 4) is 0 Å². The van der Waals surface area contributed by atoms with Crippen LogP contribution in [0, 0.1) is 6.92 Å². The van der Waals surface area contributed by atoms with Crippen molar-refractivity contribution in [2.24, 2.45) is 16.0 Å². The first-order valence-electron chi connectivity index (χ1n) is 6.40. The molecule has 112 valence electrons. The maximum absolute atomic E-state index is 11.8. The molecule has 0 aromatic heterocycles. The molecule has 0 atom stereocenters. The molecule has 2 amide bonds. The summed E-state index contributed by atoms with van der Waals surface area (Å²) in [5, 5.41) is 6.82. The van der Waals surface area contributed by atoms with Gasteiger partial charge in [-0.15, -0.1) is 5.11 Å². The molecule has 0 radical (unpaired) electrons. The fourth-order valence-electron chi connectivity index (χ4n) is 1.56. The summed E-state index contributed by atoms with van der Waals surface area (Å²) < 4.78 is 0. The summed E-state index contributed by atoms with van der Waals surface area (Å²) in [5.41, 5.74) is 9.90. The summed E-state index contributed by atoms with van der Waals surface area (Å²) in [4.78, 5) is 27.2. The Hall–Kier alpha value is -3.22. The zero-order valence-electron chi connectivity index (χ0n) is 11.8. The number of aryl methyl sites for hydroxylation is 1. The van der Waals surface area contributed by atoms with Crippen molar-refractivity contribution in [3.63, 3.8) is 0 Å². The third-order valence-corrected chi connectivity index (χ3v) is 2.68. The maximum atomic E-state index is 11.8. The van der Waals surface area contributed by atoms with Crippen LogP contribution in [-0.4, -0.2) is 12.0 Å². The highest BCUT2D eigenvalue weighted by molar-refractivity contribution is 5.89. The molecule has 0 bridgehead atoms. The lowest BCUT2D eigenvalue weighted by Crippen LogP contribution is -2.10. The minimum Gasteiger partial charge on any atom is -0.348 e. The molecule has 0 aliphatic rings. The number of anilines is 1. The van der Waals surface area contributed by atoms with Gasteiger partial charge in [0.25, 0.3) is 0 Å². The molecule has 22 heavy (non-hydrogen) atoms. The molecule has 0 aliphatic heterocycles. The Labute approximate surface area is 126 Å². The SMILES string of the molecule is Cc1ccc(C(=O)ONc2ccc(N=NC(N)=O)cc2)cc1. The Kier molecular flexibility index (Phi) is 4.81. The second-order valence-electron chi connectivity index (χ2n) is 4.44. The number of nitrogens with two attached hydrogens (primary N) is 1. The molecule has 0 saturated heterocycles. The van der Waals surface area contributed by atoms with Crippen LogP contribution in [0.5, 0.6) is 0 Å². The quantitative estimate of drug-likeness (QED) is 0.666. The van der Waals surface area contributed by atoms with E-state index in [1.807, 2.05) is 19.1 Å². The minimum absolute atomic E-state index is 0.449. The van der Waals surface area contributed by atoms with Gasteiger partial charge in [0.15, 0.2) is 0 Å². The molecular formula is C15H14N4O3. The van der Waals surface area contributed by atoms with Gasteiger partial charge in [0, 0.05) is 0 Å². The molecule has 0 saturated carbocycles. The number of urea groups is 1. The van der Waals surface area contributed by atoms with E-state index in [1.165, 1.54) is 0 Å². The monoisotopic (exact) mass is 298 g/mol. The second-order valence-corrected chi connectivity index (χ2v) is 4.44. The second kappa shape index (κ2) is 6.98. The van der Waals surface area contributed by atoms with Crippen LogP contribution in [0.1, 0.15) is 15.9 Å². The highest BCUT2D eigenvalue weighted by Crippen LogP contribution is 2.17. The van der Waals surface area contributed by atoms with E-state index in [1.54, 1.807) is 36.4 Å². The lowest BCUT2D eigenvalue weighted by Gasteiger charge is -2.07. The van der Waals surface area contributed by atoms with Crippen LogP contribution >= 0.6 is 0 Å². The lowest BCUT2D eigenvalue weighted by molar-refractivity contribution is 0.0596. The number of hydrogen-bond acceptors (Lipinski definition) is 5. The lowest BCUT2D eigenvalue weighted by atomic mass is 10.2. The van der Waals surface area contributed by atoms with Gasteiger partial charge in [-0.2, -0.15) is 0 Å². The summed E-state index contributed by atoms with van der Waals surface area (Å²) in [7, 11) is 0. The van der Waals surface area contributed by atoms with Crippen LogP contribution in [0.25, 0.3) is 0 Å². The molecule has 7 nitrogen and oxygen atoms in total. The predicted molar refractivity (Wildman–Crippen MR) is 80.8 cm³/mol. The first-order valence-corrected chi connectivity index (χ1v) is 6.40. The van der Waals surface area contributed by atoms with E-state index in [0.717, 1.165) is 5.56 Å². The van der Waals surface area contributed by atoms with E-state index in [9.17, 15) is 9.59 Å². The number of azo groups is 1. The van der Waals surface area contributed by atoms with E-state index in [0.29, 0.717) is 16.9 Å². The number of nitrogens with one attached hydrogen (secondary N) is 1. The zero-order chi connectivity index (χ0) is 15.9. The van der Waals surface area contributed by atoms with Crippen molar-refractivity contribution in [1.82, 2.24) is 0 Å². The van der Waals surface area contributed by atoms with E-state index < -0.39 is 12.0 Å². The molecule has 0 fully saturated rings. The minimum atomic E-state index is -0.866. The van der Waals surface area contributed by atoms with E-state index in [2.05, 4.69) is 15.7 Å². The Morgan fingerprint density at radius 2 is 1.68 bits per heavy atom. The molecular weight excluding hydrogens is 284 g/mol. The van der Waals surface area contributed by atoms with E-state index in [4.69, 9.17) is 10.6 Å². The van der Waals surface area contributed by atoms with Crippen LogP contribution in [0.15, 0.2) is 58.8 Å². The van der Waals surface area contributed by atoms with Crippen LogP contribution in [0.3, 0.4) is 0 Å². The van der Waals surface area contributed by atoms with Crippen molar-refractivity contribution in [2.45, 2.75) is 6.92 Å². The number of carbonyl (C=O) groups excluding carboxylic acids is 2. The standard InChI is InChI=1S/C15H14N4O3/c1-10-2-4-11(5-3-10)14(20)22-19-13-8-6-12(7-9-13)17-18-15(16)21/h2-9,19H,1H3,(H2,16,21). The van der Waals surface area contributed by atoms with Gasteiger partial charge in [0.2, 0.25) is 0 Å². The van der Waals surface area contributed by atoms with Gasteiger partial charge in [-0.1, -0.05) is 22.8 Å². The molecule has 0 heterocycles. The first kappa shape index (κ1) is 15.2. The summed E-state index contributed by atoms with van der Waals surface area (Å²) in [6, 6.07) is 12.6. The van der Waals surface area contributed by atoms with Crippen LogP contribution in [0.2, 0.25) is 0 Å². The molecule has 2 rings (SSSR count). The van der Waals surface area contributed by atoms with Gasteiger partial charge in [-0.3, -0.25) is 0 Å². The van der Waals surface area contributed by atoms with Gasteiger partial charge in [0.05, 0.1) is 16.9 Å². The number of rotatable bonds is 4. The Bertz CT molecular complexity index is 694. The molecule has 0 spiro atoms. The largest absolute Gasteiger partial charge is 0.362 e. The van der Waals surface area contributed by atoms with Crippen molar-refractivity contribution in [3.05, 3.63) is 59.7 Å². The Morgan fingerprint density at radius 3 is 2.27 bits per heavy atom. The number of benzene rings is 2. The Morgan fingerprint density at radius 1 is 1.05 bits per heavy atom. The van der Waals surface area contributed by atoms with Crippen molar-refractivity contribution in [2.75, 3.05) is 5.48 Å². The fourth-order valence-corrected chi connectivity index (χ4v) is 1.56. The fraction of sp³-hybridized carbons (Fsp3) is 0.0667. The van der Waals surface area contributed by atoms with Gasteiger partial charge in [-0.25, -0.2) is 15.1 Å². The first-order chi connectivity index (χ1) is 10.5. The summed E-state index contributed by atoms with van der Waals surface area (Å²) in [5.74, 6) is -0.488. The zero-order valence-corrected chi connectivity index (χ0v) is 11.8. The summed E-state index contributed by atoms with van der Waals surface area (Å²) in [6.07, 6.45) is 0. The van der Waals surface area contributed by atoms with Gasteiger partial charge in [-0.05, 0) is 43.3 Å². The van der Waals surface area contributed by atoms with E-state index in [-0.39, 0.29) is 0 Å². The number of amides is 2. The van der Waals surface area contributed by atoms with Gasteiger partial charge < -0.3 is 10.6 Å². The molecule has 7 heteroatoms. The summed E-state index contributed by atoms with van der Waals surface area (Å²) in [6.45, 7) is 1.94. The third-order valence-electron chi connectivity index (χ3n) is 2.68. The maximum Gasteiger partial charge on any atom is 0.362 e. The third kappa shape index (κ3) is 4.41. The van der Waals surface area contributed by atoms with Gasteiger partial charge >= 0.3 is 12.0 Å². The van der Waals surface area contributed by atoms with Crippen LogP contribution < -0.4 is 11.2 Å². The number of hydrogen-bond donors (Lipinski definition) is 2. The average Bonchev–Trinajstić information content (AvgIpc) is 2.52. The number of nitrogens with zero attached hydrogens (tertiary/aromatic N) is 2. The molecule has 2 aromatic carbocycles. The molecule has 2 aromatic rings. The van der Waals surface area contributed by atoms with Crippen LogP contribution in [0.4, 0.5) is 16.2 Å². The molecule has 3 N–H and O–H groups in total. The molecule has 0 unspecified atom stereocenters. The van der Waals surface area contributed by atoms with Crippen molar-refractivity contribution >= 4 is 23.4 Å². The average molecular weight is 298 g/mol. The summed E-state index contributed by atoms with van der Waals surface area (Å²) >= 11 is 0. The topological polar surface area (TPSA) is 106 Å². The number of primary amides is 1.